The van der Waals surface area contributed by atoms with Crippen LogP contribution in [0.4, 0.5) is 0 Å². The Balaban J connectivity index is 2.00. The molecule has 0 bridgehead atoms. The summed E-state index contributed by atoms with van der Waals surface area (Å²) in [6.45, 7) is 3.15. The first-order valence-electron chi connectivity index (χ1n) is 6.57. The maximum Gasteiger partial charge on any atom is 0.0702 e. The fourth-order valence-electron chi connectivity index (χ4n) is 2.47. The molecule has 0 saturated carbocycles. The topological polar surface area (TPSA) is 25.2 Å². The van der Waals surface area contributed by atoms with Crippen LogP contribution in [0, 0.1) is 0 Å². The van der Waals surface area contributed by atoms with Gasteiger partial charge in [0.25, 0.3) is 0 Å². The molecule has 0 unspecified atom stereocenters. The van der Waals surface area contributed by atoms with Crippen LogP contribution in [0.25, 0.3) is 10.9 Å². The molecule has 2 heterocycles. The summed E-state index contributed by atoms with van der Waals surface area (Å²) in [7, 11) is 0. The average Bonchev–Trinajstić information content (AvgIpc) is 3.06. The molecule has 2 nitrogen and oxygen atoms in total. The third-order valence-corrected chi connectivity index (χ3v) is 4.65. The quantitative estimate of drug-likeness (QED) is 0.767. The van der Waals surface area contributed by atoms with E-state index >= 15 is 0 Å². The number of rotatable bonds is 4. The van der Waals surface area contributed by atoms with E-state index in [0.29, 0.717) is 0 Å². The van der Waals surface area contributed by atoms with Gasteiger partial charge in [0.1, 0.15) is 0 Å². The van der Waals surface area contributed by atoms with E-state index in [0.717, 1.165) is 24.0 Å². The molecule has 0 fully saturated rings. The Labute approximate surface area is 116 Å². The summed E-state index contributed by atoms with van der Waals surface area (Å²) in [4.78, 5) is 2.79. The molecule has 0 aliphatic carbocycles. The molecule has 3 aromatic rings. The molecular weight excluding hydrogens is 254 g/mol. The second kappa shape index (κ2) is 5.19. The fraction of sp³-hybridized carbons (Fsp3) is 0.250. The van der Waals surface area contributed by atoms with Gasteiger partial charge in [-0.2, -0.15) is 0 Å². The van der Waals surface area contributed by atoms with Gasteiger partial charge in [0.2, 0.25) is 0 Å². The van der Waals surface area contributed by atoms with Crippen LogP contribution in [-0.2, 0) is 19.6 Å². The standard InChI is InChI=1S/C16H17NOS/c1-2-14-6-7-15(19-14)10-17-9-8-12-4-3-5-13(11-18)16(12)17/h3-9,18H,2,10-11H2,1H3. The molecule has 0 spiro atoms. The van der Waals surface area contributed by atoms with Crippen molar-refractivity contribution in [2.75, 3.05) is 0 Å². The van der Waals surface area contributed by atoms with Crippen LogP contribution in [0.1, 0.15) is 22.2 Å². The lowest BCUT2D eigenvalue weighted by Crippen LogP contribution is -1.98. The van der Waals surface area contributed by atoms with Crippen molar-refractivity contribution in [2.24, 2.45) is 0 Å². The van der Waals surface area contributed by atoms with Gasteiger partial charge in [0.05, 0.1) is 18.7 Å². The van der Waals surface area contributed by atoms with E-state index in [1.165, 1.54) is 15.1 Å². The van der Waals surface area contributed by atoms with Gasteiger partial charge in [-0.15, -0.1) is 11.3 Å². The summed E-state index contributed by atoms with van der Waals surface area (Å²) < 4.78 is 2.23. The minimum Gasteiger partial charge on any atom is -0.392 e. The van der Waals surface area contributed by atoms with Gasteiger partial charge in [-0.25, -0.2) is 0 Å². The van der Waals surface area contributed by atoms with Gasteiger partial charge in [-0.1, -0.05) is 25.1 Å². The number of fused-ring (bicyclic) bond motifs is 1. The first-order valence-corrected chi connectivity index (χ1v) is 7.38. The Hall–Kier alpha value is -1.58. The second-order valence-electron chi connectivity index (χ2n) is 4.68. The molecule has 3 rings (SSSR count). The van der Waals surface area contributed by atoms with E-state index in [9.17, 15) is 5.11 Å². The Morgan fingerprint density at radius 1 is 1.11 bits per heavy atom. The van der Waals surface area contributed by atoms with Crippen LogP contribution in [0.3, 0.4) is 0 Å². The highest BCUT2D eigenvalue weighted by atomic mass is 32.1. The number of benzene rings is 1. The normalized spacial score (nSPS) is 11.3. The molecule has 0 aliphatic rings. The molecule has 19 heavy (non-hydrogen) atoms. The van der Waals surface area contributed by atoms with Gasteiger partial charge >= 0.3 is 0 Å². The van der Waals surface area contributed by atoms with E-state index in [2.05, 4.69) is 42.0 Å². The summed E-state index contributed by atoms with van der Waals surface area (Å²) in [6, 6.07) is 12.6. The molecule has 3 heteroatoms. The van der Waals surface area contributed by atoms with Crippen molar-refractivity contribution in [1.29, 1.82) is 0 Å². The van der Waals surface area contributed by atoms with Crippen LogP contribution >= 0.6 is 11.3 Å². The number of hydrogen-bond acceptors (Lipinski definition) is 2. The molecule has 0 radical (unpaired) electrons. The van der Waals surface area contributed by atoms with E-state index in [1.807, 2.05) is 23.5 Å². The van der Waals surface area contributed by atoms with Gasteiger partial charge in [-0.05, 0) is 30.0 Å². The van der Waals surface area contributed by atoms with E-state index in [1.54, 1.807) is 0 Å². The van der Waals surface area contributed by atoms with Gasteiger partial charge in [-0.3, -0.25) is 0 Å². The smallest absolute Gasteiger partial charge is 0.0702 e. The van der Waals surface area contributed by atoms with Crippen molar-refractivity contribution in [1.82, 2.24) is 4.57 Å². The average molecular weight is 271 g/mol. The number of para-hydroxylation sites is 1. The molecule has 0 saturated heterocycles. The highest BCUT2D eigenvalue weighted by Crippen LogP contribution is 2.24. The van der Waals surface area contributed by atoms with Crippen LogP contribution in [0.2, 0.25) is 0 Å². The van der Waals surface area contributed by atoms with Gasteiger partial charge in [0.15, 0.2) is 0 Å². The summed E-state index contributed by atoms with van der Waals surface area (Å²) in [5, 5.41) is 10.7. The first kappa shape index (κ1) is 12.5. The largest absolute Gasteiger partial charge is 0.392 e. The van der Waals surface area contributed by atoms with Crippen molar-refractivity contribution in [3.8, 4) is 0 Å². The number of hydrogen-bond donors (Lipinski definition) is 1. The van der Waals surface area contributed by atoms with E-state index in [4.69, 9.17) is 0 Å². The number of aromatic nitrogens is 1. The monoisotopic (exact) mass is 271 g/mol. The zero-order valence-corrected chi connectivity index (χ0v) is 11.8. The minimum absolute atomic E-state index is 0.0893. The molecular formula is C16H17NOS. The second-order valence-corrected chi connectivity index (χ2v) is 5.93. The maximum atomic E-state index is 9.48. The molecule has 2 aromatic heterocycles. The third kappa shape index (κ3) is 2.31. The highest BCUT2D eigenvalue weighted by molar-refractivity contribution is 7.11. The van der Waals surface area contributed by atoms with E-state index in [-0.39, 0.29) is 6.61 Å². The predicted octanol–water partition coefficient (Wildman–Crippen LogP) is 3.81. The van der Waals surface area contributed by atoms with Gasteiger partial charge in [0, 0.05) is 21.5 Å². The molecule has 98 valence electrons. The summed E-state index contributed by atoms with van der Waals surface area (Å²) in [6.07, 6.45) is 3.20. The predicted molar refractivity (Wildman–Crippen MR) is 80.7 cm³/mol. The van der Waals surface area contributed by atoms with Crippen molar-refractivity contribution < 1.29 is 5.11 Å². The number of aliphatic hydroxyl groups excluding tert-OH is 1. The summed E-state index contributed by atoms with van der Waals surface area (Å²) in [5.41, 5.74) is 2.14. The van der Waals surface area contributed by atoms with Gasteiger partial charge < -0.3 is 9.67 Å². The zero-order chi connectivity index (χ0) is 13.2. The maximum absolute atomic E-state index is 9.48. The molecule has 0 aliphatic heterocycles. The zero-order valence-electron chi connectivity index (χ0n) is 11.0. The lowest BCUT2D eigenvalue weighted by molar-refractivity contribution is 0.283. The number of aryl methyl sites for hydroxylation is 1. The van der Waals surface area contributed by atoms with Crippen LogP contribution in [-0.4, -0.2) is 9.67 Å². The lowest BCUT2D eigenvalue weighted by Gasteiger charge is -2.07. The summed E-state index contributed by atoms with van der Waals surface area (Å²) in [5.74, 6) is 0. The highest BCUT2D eigenvalue weighted by Gasteiger charge is 2.07. The lowest BCUT2D eigenvalue weighted by atomic mass is 10.1. The van der Waals surface area contributed by atoms with E-state index < -0.39 is 0 Å². The Morgan fingerprint density at radius 2 is 1.95 bits per heavy atom. The molecule has 0 amide bonds. The first-order chi connectivity index (χ1) is 9.31. The summed E-state index contributed by atoms with van der Waals surface area (Å²) >= 11 is 1.87. The molecule has 1 N–H and O–H groups in total. The van der Waals surface area contributed by atoms with Crippen LogP contribution in [0.15, 0.2) is 42.6 Å². The minimum atomic E-state index is 0.0893. The SMILES string of the molecule is CCc1ccc(Cn2ccc3cccc(CO)c32)s1. The third-order valence-electron chi connectivity index (χ3n) is 3.43. The number of thiophene rings is 1. The van der Waals surface area contributed by atoms with Crippen molar-refractivity contribution in [2.45, 2.75) is 26.5 Å². The van der Waals surface area contributed by atoms with Crippen LogP contribution in [0.5, 0.6) is 0 Å². The Kier molecular flexibility index (Phi) is 3.40. The Morgan fingerprint density at radius 3 is 2.68 bits per heavy atom. The van der Waals surface area contributed by atoms with Crippen LogP contribution < -0.4 is 0 Å². The molecule has 1 aromatic carbocycles. The van der Waals surface area contributed by atoms with Crippen molar-refractivity contribution in [3.63, 3.8) is 0 Å². The molecule has 0 atom stereocenters. The number of nitrogens with zero attached hydrogens (tertiary/aromatic N) is 1. The van der Waals surface area contributed by atoms with Crippen molar-refractivity contribution >= 4 is 22.2 Å². The Bertz CT molecular complexity index is 696. The van der Waals surface area contributed by atoms with Crippen molar-refractivity contribution in [3.05, 3.63) is 57.9 Å². The fourth-order valence-corrected chi connectivity index (χ4v) is 3.42. The number of aliphatic hydroxyl groups is 1.